The normalized spacial score (nSPS) is 18.2. The zero-order chi connectivity index (χ0) is 23.8. The molecule has 4 heterocycles. The van der Waals surface area contributed by atoms with Crippen LogP contribution in [-0.2, 0) is 16.1 Å². The van der Waals surface area contributed by atoms with Crippen molar-refractivity contribution in [3.8, 4) is 11.4 Å². The zero-order valence-electron chi connectivity index (χ0n) is 19.3. The molecule has 0 radical (unpaired) electrons. The van der Waals surface area contributed by atoms with Gasteiger partial charge in [0.2, 0.25) is 23.5 Å². The number of para-hydroxylation sites is 1. The van der Waals surface area contributed by atoms with Gasteiger partial charge in [0.15, 0.2) is 0 Å². The van der Waals surface area contributed by atoms with Gasteiger partial charge in [0, 0.05) is 50.3 Å². The van der Waals surface area contributed by atoms with Gasteiger partial charge in [0.25, 0.3) is 0 Å². The first kappa shape index (κ1) is 21.5. The summed E-state index contributed by atoms with van der Waals surface area (Å²) in [5, 5.41) is 4.17. The molecule has 2 aromatic carbocycles. The highest BCUT2D eigenvalue weighted by molar-refractivity contribution is 5.96. The molecule has 9 nitrogen and oxygen atoms in total. The second-order valence-electron chi connectivity index (χ2n) is 9.18. The Morgan fingerprint density at radius 3 is 2.74 bits per heavy atom. The van der Waals surface area contributed by atoms with E-state index in [1.54, 1.807) is 11.2 Å². The van der Waals surface area contributed by atoms with Gasteiger partial charge in [-0.05, 0) is 43.2 Å². The molecular formula is C26H26N6O3. The maximum atomic E-state index is 12.6. The predicted molar refractivity (Wildman–Crippen MR) is 130 cm³/mol. The van der Waals surface area contributed by atoms with Crippen molar-refractivity contribution in [1.82, 2.24) is 24.6 Å². The first-order valence-electron chi connectivity index (χ1n) is 12.1. The van der Waals surface area contributed by atoms with Gasteiger partial charge >= 0.3 is 0 Å². The maximum Gasteiger partial charge on any atom is 0.232 e. The first-order valence-corrected chi connectivity index (χ1v) is 12.1. The van der Waals surface area contributed by atoms with Crippen LogP contribution in [0.15, 0.2) is 59.4 Å². The Morgan fingerprint density at radius 2 is 1.91 bits per heavy atom. The molecule has 178 valence electrons. The predicted octanol–water partition coefficient (Wildman–Crippen LogP) is 3.62. The van der Waals surface area contributed by atoms with Gasteiger partial charge in [-0.1, -0.05) is 23.4 Å². The Bertz CT molecular complexity index is 1370. The monoisotopic (exact) mass is 470 g/mol. The van der Waals surface area contributed by atoms with Crippen molar-refractivity contribution >= 4 is 28.5 Å². The lowest BCUT2D eigenvalue weighted by Crippen LogP contribution is -2.28. The van der Waals surface area contributed by atoms with Crippen LogP contribution in [0.2, 0.25) is 0 Å². The van der Waals surface area contributed by atoms with Crippen molar-refractivity contribution in [3.63, 3.8) is 0 Å². The third kappa shape index (κ3) is 4.18. The topological polar surface area (TPSA) is 97.4 Å². The number of nitrogens with zero attached hydrogens (tertiary/aromatic N) is 6. The third-order valence-electron chi connectivity index (χ3n) is 6.89. The van der Waals surface area contributed by atoms with E-state index in [2.05, 4.69) is 15.1 Å². The lowest BCUT2D eigenvalue weighted by Gasteiger charge is -2.15. The number of rotatable bonds is 6. The van der Waals surface area contributed by atoms with Crippen LogP contribution >= 0.6 is 0 Å². The molecule has 2 saturated heterocycles. The molecule has 6 rings (SSSR count). The van der Waals surface area contributed by atoms with Gasteiger partial charge < -0.3 is 18.9 Å². The Labute approximate surface area is 202 Å². The smallest absolute Gasteiger partial charge is 0.232 e. The fourth-order valence-corrected chi connectivity index (χ4v) is 4.97. The van der Waals surface area contributed by atoms with E-state index < -0.39 is 0 Å². The highest BCUT2D eigenvalue weighted by atomic mass is 16.5. The Balaban J connectivity index is 1.15. The van der Waals surface area contributed by atoms with Crippen LogP contribution in [0.5, 0.6) is 0 Å². The van der Waals surface area contributed by atoms with E-state index in [1.165, 1.54) is 0 Å². The second kappa shape index (κ2) is 8.98. The van der Waals surface area contributed by atoms with Crippen LogP contribution in [0.25, 0.3) is 22.4 Å². The molecule has 2 amide bonds. The average Bonchev–Trinajstić information content (AvgIpc) is 3.69. The quantitative estimate of drug-likeness (QED) is 0.427. The van der Waals surface area contributed by atoms with Crippen molar-refractivity contribution in [2.75, 3.05) is 24.5 Å². The fourth-order valence-electron chi connectivity index (χ4n) is 4.97. The molecule has 35 heavy (non-hydrogen) atoms. The lowest BCUT2D eigenvalue weighted by atomic mass is 10.1. The van der Waals surface area contributed by atoms with Crippen molar-refractivity contribution in [2.45, 2.75) is 38.1 Å². The first-order chi connectivity index (χ1) is 17.2. The molecule has 2 aliphatic heterocycles. The van der Waals surface area contributed by atoms with E-state index in [0.717, 1.165) is 48.2 Å². The number of likely N-dealkylation sites (tertiary alicyclic amines) is 1. The number of hydrogen-bond donors (Lipinski definition) is 0. The largest absolute Gasteiger partial charge is 0.343 e. The minimum absolute atomic E-state index is 0.0520. The maximum absolute atomic E-state index is 12.6. The molecule has 9 heteroatoms. The molecule has 0 saturated carbocycles. The van der Waals surface area contributed by atoms with Crippen LogP contribution in [0.3, 0.4) is 0 Å². The number of anilines is 1. The van der Waals surface area contributed by atoms with Gasteiger partial charge in [-0.2, -0.15) is 4.98 Å². The number of imidazole rings is 1. The molecule has 0 N–H and O–H groups in total. The van der Waals surface area contributed by atoms with Gasteiger partial charge in [-0.3, -0.25) is 9.59 Å². The second-order valence-corrected chi connectivity index (χ2v) is 9.18. The minimum atomic E-state index is -0.139. The summed E-state index contributed by atoms with van der Waals surface area (Å²) >= 11 is 0. The molecular weight excluding hydrogens is 444 g/mol. The number of aromatic nitrogens is 4. The van der Waals surface area contributed by atoms with Crippen LogP contribution < -0.4 is 4.90 Å². The van der Waals surface area contributed by atoms with Gasteiger partial charge in [0.1, 0.15) is 0 Å². The summed E-state index contributed by atoms with van der Waals surface area (Å²) in [6.07, 6.45) is 4.79. The number of amides is 2. The summed E-state index contributed by atoms with van der Waals surface area (Å²) < 4.78 is 7.57. The third-order valence-corrected chi connectivity index (χ3v) is 6.89. The van der Waals surface area contributed by atoms with E-state index in [1.807, 2.05) is 58.0 Å². The van der Waals surface area contributed by atoms with Crippen molar-refractivity contribution < 1.29 is 14.1 Å². The summed E-state index contributed by atoms with van der Waals surface area (Å²) in [7, 11) is 0. The minimum Gasteiger partial charge on any atom is -0.343 e. The van der Waals surface area contributed by atoms with E-state index in [-0.39, 0.29) is 17.7 Å². The number of benzene rings is 2. The van der Waals surface area contributed by atoms with E-state index in [0.29, 0.717) is 37.6 Å². The lowest BCUT2D eigenvalue weighted by molar-refractivity contribution is -0.130. The number of aryl methyl sites for hydroxylation is 1. The molecule has 0 unspecified atom stereocenters. The van der Waals surface area contributed by atoms with Crippen molar-refractivity contribution in [1.29, 1.82) is 0 Å². The molecule has 2 aliphatic rings. The van der Waals surface area contributed by atoms with E-state index in [9.17, 15) is 9.59 Å². The molecule has 1 atom stereocenters. The Hall–Kier alpha value is -4.01. The van der Waals surface area contributed by atoms with Gasteiger partial charge in [-0.25, -0.2) is 4.98 Å². The number of carbonyl (C=O) groups is 2. The molecule has 2 fully saturated rings. The summed E-state index contributed by atoms with van der Waals surface area (Å²) in [6.45, 7) is 2.87. The standard InChI is InChI=1S/C26H26N6O3/c33-23(30-11-4-5-12-30)10-13-31-17-27-21-14-18(8-9-22(21)31)25-28-26(35-29-25)19-15-24(34)32(16-19)20-6-2-1-3-7-20/h1-3,6-9,14,17,19H,4-5,10-13,15-16H2/t19-/m0/s1. The number of carbonyl (C=O) groups excluding carboxylic acids is 2. The summed E-state index contributed by atoms with van der Waals surface area (Å²) in [5.41, 5.74) is 3.46. The highest BCUT2D eigenvalue weighted by Gasteiger charge is 2.35. The van der Waals surface area contributed by atoms with E-state index >= 15 is 0 Å². The number of fused-ring (bicyclic) bond motifs is 1. The highest BCUT2D eigenvalue weighted by Crippen LogP contribution is 2.32. The van der Waals surface area contributed by atoms with Crippen LogP contribution in [0.1, 0.15) is 37.5 Å². The molecule has 0 aliphatic carbocycles. The summed E-state index contributed by atoms with van der Waals surface area (Å²) in [5.74, 6) is 1.07. The van der Waals surface area contributed by atoms with Crippen LogP contribution in [0, 0.1) is 0 Å². The summed E-state index contributed by atoms with van der Waals surface area (Å²) in [4.78, 5) is 37.8. The Kier molecular flexibility index (Phi) is 5.52. The number of hydrogen-bond acceptors (Lipinski definition) is 6. The molecule has 2 aromatic heterocycles. The fraction of sp³-hybridized carbons (Fsp3) is 0.346. The molecule has 4 aromatic rings. The van der Waals surface area contributed by atoms with Gasteiger partial charge in [0.05, 0.1) is 23.3 Å². The van der Waals surface area contributed by atoms with Crippen LogP contribution in [0.4, 0.5) is 5.69 Å². The van der Waals surface area contributed by atoms with Crippen LogP contribution in [-0.4, -0.2) is 56.0 Å². The SMILES string of the molecule is O=C(CCn1cnc2cc(-c3noc([C@H]4CC(=O)N(c5ccccc5)C4)n3)ccc21)N1CCCC1. The van der Waals surface area contributed by atoms with Crippen molar-refractivity contribution in [3.05, 3.63) is 60.7 Å². The van der Waals surface area contributed by atoms with Gasteiger partial charge in [-0.15, -0.1) is 0 Å². The molecule has 0 bridgehead atoms. The zero-order valence-corrected chi connectivity index (χ0v) is 19.3. The van der Waals surface area contributed by atoms with Crippen molar-refractivity contribution in [2.24, 2.45) is 0 Å². The summed E-state index contributed by atoms with van der Waals surface area (Å²) in [6, 6.07) is 15.5. The van der Waals surface area contributed by atoms with E-state index in [4.69, 9.17) is 4.52 Å². The Morgan fingerprint density at radius 1 is 1.09 bits per heavy atom. The average molecular weight is 471 g/mol. The molecule has 0 spiro atoms.